The number of hydrogen-bond donors (Lipinski definition) is 0. The van der Waals surface area contributed by atoms with E-state index in [-0.39, 0.29) is 31.1 Å². The van der Waals surface area contributed by atoms with Gasteiger partial charge >= 0.3 is 17.9 Å². The predicted octanol–water partition coefficient (Wildman–Crippen LogP) is 18.5. The van der Waals surface area contributed by atoms with Crippen LogP contribution in [0.3, 0.4) is 0 Å². The summed E-state index contributed by atoms with van der Waals surface area (Å²) in [6, 6.07) is 0. The van der Waals surface area contributed by atoms with Crippen molar-refractivity contribution in [1.29, 1.82) is 0 Å². The standard InChI is InChI=1S/C57H110O6/c1-6-7-8-9-10-11-12-13-21-24-27-32-37-42-47-55(58)61-50-54(63-57(60)49-44-39-34-29-31-36-41-46-53(4)5)51-62-56(59)48-43-38-33-28-25-22-19-17-15-14-16-18-20-23-26-30-35-40-45-52(2)3/h52-54H,6-51H2,1-5H3/t54-/m0/s1. The molecule has 0 saturated carbocycles. The molecular formula is C57H110O6. The molecule has 0 rings (SSSR count). The minimum atomic E-state index is -0.762. The molecule has 6 nitrogen and oxygen atoms in total. The molecule has 0 aliphatic carbocycles. The summed E-state index contributed by atoms with van der Waals surface area (Å²) in [5.74, 6) is 0.791. The first kappa shape index (κ1) is 61.4. The van der Waals surface area contributed by atoms with Gasteiger partial charge in [-0.1, -0.05) is 279 Å². The molecule has 374 valence electrons. The van der Waals surface area contributed by atoms with Crippen molar-refractivity contribution in [2.75, 3.05) is 13.2 Å². The zero-order valence-electron chi connectivity index (χ0n) is 43.2. The Bertz CT molecular complexity index is 962. The van der Waals surface area contributed by atoms with Crippen molar-refractivity contribution in [3.63, 3.8) is 0 Å². The predicted molar refractivity (Wildman–Crippen MR) is 270 cm³/mol. The normalized spacial score (nSPS) is 12.0. The fourth-order valence-electron chi connectivity index (χ4n) is 8.70. The van der Waals surface area contributed by atoms with Crippen LogP contribution < -0.4 is 0 Å². The minimum absolute atomic E-state index is 0.0637. The molecule has 0 aliphatic rings. The number of esters is 3. The summed E-state index contributed by atoms with van der Waals surface area (Å²) in [6.07, 6.45) is 52.5. The van der Waals surface area contributed by atoms with E-state index in [2.05, 4.69) is 34.6 Å². The maximum absolute atomic E-state index is 12.8. The Kier molecular flexibility index (Phi) is 48.6. The van der Waals surface area contributed by atoms with Crippen molar-refractivity contribution in [2.24, 2.45) is 11.8 Å². The van der Waals surface area contributed by atoms with Gasteiger partial charge in [-0.05, 0) is 31.1 Å². The first-order chi connectivity index (χ1) is 30.7. The minimum Gasteiger partial charge on any atom is -0.462 e. The van der Waals surface area contributed by atoms with Crippen molar-refractivity contribution in [2.45, 2.75) is 323 Å². The second-order valence-electron chi connectivity index (χ2n) is 20.5. The molecule has 0 radical (unpaired) electrons. The molecule has 63 heavy (non-hydrogen) atoms. The number of rotatable bonds is 51. The van der Waals surface area contributed by atoms with Crippen LogP contribution in [-0.2, 0) is 28.6 Å². The van der Waals surface area contributed by atoms with E-state index in [1.54, 1.807) is 0 Å². The molecule has 0 aromatic carbocycles. The lowest BCUT2D eigenvalue weighted by Gasteiger charge is -2.18. The Labute approximate surface area is 393 Å². The molecule has 0 spiro atoms. The lowest BCUT2D eigenvalue weighted by Crippen LogP contribution is -2.30. The molecule has 0 bridgehead atoms. The highest BCUT2D eigenvalue weighted by Crippen LogP contribution is 2.18. The molecule has 0 aromatic rings. The van der Waals surface area contributed by atoms with Gasteiger partial charge in [0.1, 0.15) is 13.2 Å². The summed E-state index contributed by atoms with van der Waals surface area (Å²) in [4.78, 5) is 38.0. The van der Waals surface area contributed by atoms with Gasteiger partial charge in [0.05, 0.1) is 0 Å². The maximum Gasteiger partial charge on any atom is 0.306 e. The van der Waals surface area contributed by atoms with Gasteiger partial charge in [0.15, 0.2) is 6.10 Å². The van der Waals surface area contributed by atoms with E-state index >= 15 is 0 Å². The van der Waals surface area contributed by atoms with E-state index in [1.807, 2.05) is 0 Å². The fourth-order valence-corrected chi connectivity index (χ4v) is 8.70. The Morgan fingerprint density at radius 1 is 0.302 bits per heavy atom. The van der Waals surface area contributed by atoms with Crippen LogP contribution in [0.15, 0.2) is 0 Å². The second kappa shape index (κ2) is 49.8. The molecule has 0 saturated heterocycles. The van der Waals surface area contributed by atoms with Crippen LogP contribution in [0.2, 0.25) is 0 Å². The molecule has 1 atom stereocenters. The monoisotopic (exact) mass is 891 g/mol. The maximum atomic E-state index is 12.8. The third-order valence-corrected chi connectivity index (χ3v) is 13.0. The van der Waals surface area contributed by atoms with Gasteiger partial charge in [0, 0.05) is 19.3 Å². The summed E-state index contributed by atoms with van der Waals surface area (Å²) in [5, 5.41) is 0. The molecular weight excluding hydrogens is 781 g/mol. The van der Waals surface area contributed by atoms with Crippen LogP contribution in [0.1, 0.15) is 317 Å². The summed E-state index contributed by atoms with van der Waals surface area (Å²) in [5.41, 5.74) is 0. The van der Waals surface area contributed by atoms with Crippen molar-refractivity contribution >= 4 is 17.9 Å². The summed E-state index contributed by atoms with van der Waals surface area (Å²) >= 11 is 0. The number of unbranched alkanes of at least 4 members (excludes halogenated alkanes) is 36. The molecule has 0 amide bonds. The van der Waals surface area contributed by atoms with Crippen molar-refractivity contribution < 1.29 is 28.6 Å². The van der Waals surface area contributed by atoms with Crippen molar-refractivity contribution in [1.82, 2.24) is 0 Å². The third kappa shape index (κ3) is 51.3. The lowest BCUT2D eigenvalue weighted by molar-refractivity contribution is -0.167. The smallest absolute Gasteiger partial charge is 0.306 e. The van der Waals surface area contributed by atoms with Gasteiger partial charge in [-0.2, -0.15) is 0 Å². The van der Waals surface area contributed by atoms with Crippen LogP contribution in [-0.4, -0.2) is 37.2 Å². The quantitative estimate of drug-likeness (QED) is 0.0344. The Morgan fingerprint density at radius 3 is 0.778 bits per heavy atom. The van der Waals surface area contributed by atoms with Gasteiger partial charge in [-0.15, -0.1) is 0 Å². The van der Waals surface area contributed by atoms with Crippen LogP contribution in [0.4, 0.5) is 0 Å². The average Bonchev–Trinajstić information content (AvgIpc) is 3.25. The van der Waals surface area contributed by atoms with E-state index in [4.69, 9.17) is 14.2 Å². The first-order valence-corrected chi connectivity index (χ1v) is 28.2. The Hall–Kier alpha value is -1.59. The van der Waals surface area contributed by atoms with E-state index in [9.17, 15) is 14.4 Å². The van der Waals surface area contributed by atoms with E-state index in [1.165, 1.54) is 205 Å². The number of ether oxygens (including phenoxy) is 3. The molecule has 0 N–H and O–H groups in total. The summed E-state index contributed by atoms with van der Waals surface area (Å²) in [7, 11) is 0. The Morgan fingerprint density at radius 2 is 0.524 bits per heavy atom. The first-order valence-electron chi connectivity index (χ1n) is 28.2. The van der Waals surface area contributed by atoms with Gasteiger partial charge < -0.3 is 14.2 Å². The van der Waals surface area contributed by atoms with Crippen LogP contribution in [0.5, 0.6) is 0 Å². The second-order valence-corrected chi connectivity index (χ2v) is 20.5. The highest BCUT2D eigenvalue weighted by Gasteiger charge is 2.19. The third-order valence-electron chi connectivity index (χ3n) is 13.0. The molecule has 0 heterocycles. The number of hydrogen-bond acceptors (Lipinski definition) is 6. The largest absolute Gasteiger partial charge is 0.462 e. The molecule has 6 heteroatoms. The number of carbonyl (C=O) groups excluding carboxylic acids is 3. The van der Waals surface area contributed by atoms with E-state index < -0.39 is 6.10 Å². The van der Waals surface area contributed by atoms with Crippen LogP contribution in [0, 0.1) is 11.8 Å². The molecule has 0 aliphatic heterocycles. The lowest BCUT2D eigenvalue weighted by atomic mass is 10.0. The van der Waals surface area contributed by atoms with E-state index in [0.717, 1.165) is 69.6 Å². The van der Waals surface area contributed by atoms with Gasteiger partial charge in [0.2, 0.25) is 0 Å². The van der Waals surface area contributed by atoms with Crippen LogP contribution in [0.25, 0.3) is 0 Å². The average molecular weight is 892 g/mol. The molecule has 0 aromatic heterocycles. The summed E-state index contributed by atoms with van der Waals surface area (Å²) < 4.78 is 16.8. The SMILES string of the molecule is CCCCCCCCCCCCCCCCC(=O)OC[C@@H](COC(=O)CCCCCCCCCCCCCCCCCCCCC(C)C)OC(=O)CCCCCCCCCC(C)C. The summed E-state index contributed by atoms with van der Waals surface area (Å²) in [6.45, 7) is 11.4. The molecule has 0 unspecified atom stereocenters. The van der Waals surface area contributed by atoms with Gasteiger partial charge in [-0.3, -0.25) is 14.4 Å². The van der Waals surface area contributed by atoms with Gasteiger partial charge in [-0.25, -0.2) is 0 Å². The highest BCUT2D eigenvalue weighted by molar-refractivity contribution is 5.71. The highest BCUT2D eigenvalue weighted by atomic mass is 16.6. The number of carbonyl (C=O) groups is 3. The zero-order valence-corrected chi connectivity index (χ0v) is 43.2. The van der Waals surface area contributed by atoms with Gasteiger partial charge in [0.25, 0.3) is 0 Å². The Balaban J connectivity index is 4.19. The zero-order chi connectivity index (χ0) is 46.1. The topological polar surface area (TPSA) is 78.9 Å². The van der Waals surface area contributed by atoms with Crippen molar-refractivity contribution in [3.8, 4) is 0 Å². The van der Waals surface area contributed by atoms with E-state index in [0.29, 0.717) is 19.3 Å². The molecule has 0 fully saturated rings. The van der Waals surface area contributed by atoms with Crippen molar-refractivity contribution in [3.05, 3.63) is 0 Å². The fraction of sp³-hybridized carbons (Fsp3) is 0.947. The van der Waals surface area contributed by atoms with Crippen LogP contribution >= 0.6 is 0 Å².